The van der Waals surface area contributed by atoms with Gasteiger partial charge in [-0.25, -0.2) is 4.68 Å². The van der Waals surface area contributed by atoms with Crippen molar-refractivity contribution in [3.8, 4) is 11.5 Å². The summed E-state index contributed by atoms with van der Waals surface area (Å²) in [7, 11) is 0. The quantitative estimate of drug-likeness (QED) is 0.400. The first-order valence-corrected chi connectivity index (χ1v) is 11.7. The molecule has 0 bridgehead atoms. The van der Waals surface area contributed by atoms with Gasteiger partial charge in [0.1, 0.15) is 17.8 Å². The zero-order chi connectivity index (χ0) is 25.3. The van der Waals surface area contributed by atoms with Crippen molar-refractivity contribution >= 4 is 28.5 Å². The molecular formula is C26H27N5O5. The number of fused-ring (bicyclic) bond motifs is 2. The fourth-order valence-corrected chi connectivity index (χ4v) is 4.02. The largest absolute Gasteiger partial charge is 0.467 e. The van der Waals surface area contributed by atoms with Crippen LogP contribution in [0.5, 0.6) is 11.5 Å². The molecule has 5 rings (SSSR count). The van der Waals surface area contributed by atoms with Gasteiger partial charge in [0.15, 0.2) is 17.5 Å². The normalized spacial score (nSPS) is 13.5. The summed E-state index contributed by atoms with van der Waals surface area (Å²) in [5, 5.41) is 11.4. The van der Waals surface area contributed by atoms with Crippen molar-refractivity contribution in [1.82, 2.24) is 20.3 Å². The molecule has 2 aromatic heterocycles. The van der Waals surface area contributed by atoms with Gasteiger partial charge in [-0.1, -0.05) is 24.3 Å². The first kappa shape index (κ1) is 23.4. The Kier molecular flexibility index (Phi) is 6.09. The number of aromatic nitrogens is 3. The lowest BCUT2D eigenvalue weighted by atomic mass is 10.0. The zero-order valence-corrected chi connectivity index (χ0v) is 20.3. The van der Waals surface area contributed by atoms with E-state index < -0.39 is 11.6 Å². The number of hydrogen-bond acceptors (Lipinski definition) is 7. The second-order valence-corrected chi connectivity index (χ2v) is 9.18. The van der Waals surface area contributed by atoms with E-state index in [-0.39, 0.29) is 25.2 Å². The minimum atomic E-state index is -1.08. The summed E-state index contributed by atoms with van der Waals surface area (Å²) in [6, 6.07) is 14.8. The predicted octanol–water partition coefficient (Wildman–Crippen LogP) is 3.83. The number of furan rings is 1. The number of amides is 2. The number of hydrogen-bond donors (Lipinski definition) is 1. The summed E-state index contributed by atoms with van der Waals surface area (Å²) in [6.07, 6.45) is 2.18. The Morgan fingerprint density at radius 3 is 2.69 bits per heavy atom. The highest BCUT2D eigenvalue weighted by atomic mass is 16.7. The fourth-order valence-electron chi connectivity index (χ4n) is 4.02. The Morgan fingerprint density at radius 2 is 1.92 bits per heavy atom. The SMILES string of the molecule is CCC(C)(C)NC(=O)[C@@H](c1ccco1)N(C(=O)Cn1nnc2ccccc21)c1ccc2c(c1)OCO2. The van der Waals surface area contributed by atoms with Crippen molar-refractivity contribution in [1.29, 1.82) is 0 Å². The molecule has 10 heteroatoms. The van der Waals surface area contributed by atoms with Crippen LogP contribution in [0.1, 0.15) is 39.0 Å². The topological polar surface area (TPSA) is 112 Å². The van der Waals surface area contributed by atoms with E-state index in [1.807, 2.05) is 45.0 Å². The molecule has 10 nitrogen and oxygen atoms in total. The first-order valence-electron chi connectivity index (χ1n) is 11.7. The number of nitrogens with zero attached hydrogens (tertiary/aromatic N) is 4. The number of nitrogens with one attached hydrogen (secondary N) is 1. The maximum absolute atomic E-state index is 14.0. The Morgan fingerprint density at radius 1 is 1.11 bits per heavy atom. The number of ether oxygens (including phenoxy) is 2. The summed E-state index contributed by atoms with van der Waals surface area (Å²) in [5.74, 6) is 0.638. The highest BCUT2D eigenvalue weighted by molar-refractivity contribution is 6.01. The van der Waals surface area contributed by atoms with Crippen LogP contribution >= 0.6 is 0 Å². The van der Waals surface area contributed by atoms with Crippen LogP contribution in [0.3, 0.4) is 0 Å². The Hall–Kier alpha value is -4.34. The van der Waals surface area contributed by atoms with Gasteiger partial charge in [0.05, 0.1) is 11.8 Å². The van der Waals surface area contributed by atoms with Crippen LogP contribution in [-0.4, -0.2) is 39.1 Å². The number of anilines is 1. The van der Waals surface area contributed by atoms with E-state index in [9.17, 15) is 9.59 Å². The third kappa shape index (κ3) is 4.49. The summed E-state index contributed by atoms with van der Waals surface area (Å²) in [6.45, 7) is 5.79. The van der Waals surface area contributed by atoms with E-state index in [4.69, 9.17) is 13.9 Å². The minimum absolute atomic E-state index is 0.0878. The molecule has 36 heavy (non-hydrogen) atoms. The van der Waals surface area contributed by atoms with Gasteiger partial charge >= 0.3 is 0 Å². The molecule has 186 valence electrons. The van der Waals surface area contributed by atoms with Gasteiger partial charge in [-0.3, -0.25) is 14.5 Å². The Labute approximate surface area is 207 Å². The van der Waals surface area contributed by atoms with Crippen molar-refractivity contribution < 1.29 is 23.5 Å². The van der Waals surface area contributed by atoms with Crippen molar-refractivity contribution in [3.05, 3.63) is 66.6 Å². The van der Waals surface area contributed by atoms with Crippen LogP contribution in [0.25, 0.3) is 11.0 Å². The predicted molar refractivity (Wildman–Crippen MR) is 132 cm³/mol. The van der Waals surface area contributed by atoms with Crippen molar-refractivity contribution in [2.24, 2.45) is 0 Å². The van der Waals surface area contributed by atoms with Crippen LogP contribution in [-0.2, 0) is 16.1 Å². The van der Waals surface area contributed by atoms with E-state index in [1.165, 1.54) is 15.8 Å². The molecule has 0 radical (unpaired) electrons. The molecule has 0 spiro atoms. The average molecular weight is 490 g/mol. The minimum Gasteiger partial charge on any atom is -0.467 e. The number of para-hydroxylation sites is 1. The van der Waals surface area contributed by atoms with E-state index in [2.05, 4.69) is 15.6 Å². The van der Waals surface area contributed by atoms with Crippen LogP contribution < -0.4 is 19.7 Å². The number of carbonyl (C=O) groups is 2. The Bertz CT molecular complexity index is 1400. The van der Waals surface area contributed by atoms with Gasteiger partial charge in [-0.05, 0) is 56.7 Å². The molecule has 1 atom stereocenters. The average Bonchev–Trinajstić information content (AvgIpc) is 3.63. The van der Waals surface area contributed by atoms with Gasteiger partial charge in [0, 0.05) is 17.3 Å². The van der Waals surface area contributed by atoms with Crippen molar-refractivity contribution in [2.45, 2.75) is 45.3 Å². The fraction of sp³-hybridized carbons (Fsp3) is 0.308. The van der Waals surface area contributed by atoms with E-state index in [0.29, 0.717) is 40.4 Å². The second-order valence-electron chi connectivity index (χ2n) is 9.18. The molecular weight excluding hydrogens is 462 g/mol. The molecule has 1 aliphatic rings. The summed E-state index contributed by atoms with van der Waals surface area (Å²) in [4.78, 5) is 29.1. The first-order chi connectivity index (χ1) is 17.4. The molecule has 1 aliphatic heterocycles. The van der Waals surface area contributed by atoms with E-state index in [0.717, 1.165) is 0 Å². The third-order valence-corrected chi connectivity index (χ3v) is 6.27. The smallest absolute Gasteiger partial charge is 0.251 e. The molecule has 2 aromatic carbocycles. The lowest BCUT2D eigenvalue weighted by molar-refractivity contribution is -0.128. The highest BCUT2D eigenvalue weighted by Gasteiger charge is 2.37. The second kappa shape index (κ2) is 9.37. The van der Waals surface area contributed by atoms with E-state index in [1.54, 1.807) is 30.3 Å². The van der Waals surface area contributed by atoms with Crippen LogP contribution in [0.2, 0.25) is 0 Å². The molecule has 1 N–H and O–H groups in total. The molecule has 0 unspecified atom stereocenters. The number of benzene rings is 2. The van der Waals surface area contributed by atoms with Gasteiger partial charge in [-0.2, -0.15) is 0 Å². The number of rotatable bonds is 8. The molecule has 0 saturated carbocycles. The monoisotopic (exact) mass is 489 g/mol. The van der Waals surface area contributed by atoms with Gasteiger partial charge in [0.25, 0.3) is 5.91 Å². The molecule has 0 fully saturated rings. The molecule has 2 amide bonds. The molecule has 0 saturated heterocycles. The molecule has 0 aliphatic carbocycles. The zero-order valence-electron chi connectivity index (χ0n) is 20.3. The van der Waals surface area contributed by atoms with Gasteiger partial charge in [0.2, 0.25) is 12.7 Å². The lowest BCUT2D eigenvalue weighted by Gasteiger charge is -2.33. The maximum atomic E-state index is 14.0. The highest BCUT2D eigenvalue weighted by Crippen LogP contribution is 2.38. The lowest BCUT2D eigenvalue weighted by Crippen LogP contribution is -2.51. The third-order valence-electron chi connectivity index (χ3n) is 6.27. The van der Waals surface area contributed by atoms with Crippen LogP contribution in [0.4, 0.5) is 5.69 Å². The molecule has 3 heterocycles. The van der Waals surface area contributed by atoms with Gasteiger partial charge < -0.3 is 19.2 Å². The maximum Gasteiger partial charge on any atom is 0.251 e. The van der Waals surface area contributed by atoms with Gasteiger partial charge in [-0.15, -0.1) is 5.10 Å². The summed E-state index contributed by atoms with van der Waals surface area (Å²) in [5.41, 5.74) is 1.35. The van der Waals surface area contributed by atoms with Crippen molar-refractivity contribution in [3.63, 3.8) is 0 Å². The number of carbonyl (C=O) groups excluding carboxylic acids is 2. The standard InChI is InChI=1S/C26H27N5O5/c1-4-26(2,3)27-25(33)24(21-10-7-13-34-21)31(17-11-12-20-22(14-17)36-16-35-20)23(32)15-30-19-9-6-5-8-18(19)28-29-30/h5-14,24H,4,15-16H2,1-3H3,(H,27,33)/t24-/m1/s1. The summed E-state index contributed by atoms with van der Waals surface area (Å²) < 4.78 is 18.2. The van der Waals surface area contributed by atoms with Crippen LogP contribution in [0.15, 0.2) is 65.3 Å². The van der Waals surface area contributed by atoms with Crippen LogP contribution in [0, 0.1) is 0 Å². The van der Waals surface area contributed by atoms with E-state index >= 15 is 0 Å². The summed E-state index contributed by atoms with van der Waals surface area (Å²) >= 11 is 0. The molecule has 4 aromatic rings. The Balaban J connectivity index is 1.58. The van der Waals surface area contributed by atoms with Crippen molar-refractivity contribution in [2.75, 3.05) is 11.7 Å².